The SMILES string of the molecule is CC1CCc2ccccc2N1C(=O)CSc1nnc(NCC(F)(F)F)s1. The summed E-state index contributed by atoms with van der Waals surface area (Å²) in [4.78, 5) is 14.5. The lowest BCUT2D eigenvalue weighted by atomic mass is 9.97. The number of nitrogens with zero attached hydrogens (tertiary/aromatic N) is 3. The van der Waals surface area contributed by atoms with Gasteiger partial charge in [-0.3, -0.25) is 4.79 Å². The average molecular weight is 402 g/mol. The lowest BCUT2D eigenvalue weighted by Gasteiger charge is -2.35. The van der Waals surface area contributed by atoms with Crippen molar-refractivity contribution in [1.82, 2.24) is 10.2 Å². The molecule has 1 aliphatic rings. The quantitative estimate of drug-likeness (QED) is 0.767. The first kappa shape index (κ1) is 19.0. The number of rotatable bonds is 5. The summed E-state index contributed by atoms with van der Waals surface area (Å²) in [5.74, 6) is 0.113. The van der Waals surface area contributed by atoms with E-state index in [1.807, 2.05) is 31.2 Å². The molecule has 1 aromatic carbocycles. The van der Waals surface area contributed by atoms with Gasteiger partial charge in [0.2, 0.25) is 11.0 Å². The molecule has 1 aliphatic heterocycles. The number of aryl methyl sites for hydroxylation is 1. The fourth-order valence-corrected chi connectivity index (χ4v) is 4.38. The van der Waals surface area contributed by atoms with E-state index in [1.165, 1.54) is 11.8 Å². The van der Waals surface area contributed by atoms with Gasteiger partial charge in [-0.2, -0.15) is 13.2 Å². The summed E-state index contributed by atoms with van der Waals surface area (Å²) in [6.45, 7) is 0.857. The van der Waals surface area contributed by atoms with Crippen LogP contribution < -0.4 is 10.2 Å². The molecule has 1 unspecified atom stereocenters. The van der Waals surface area contributed by atoms with Crippen LogP contribution in [0.5, 0.6) is 0 Å². The molecule has 2 heterocycles. The van der Waals surface area contributed by atoms with Crippen LogP contribution in [-0.4, -0.2) is 40.6 Å². The van der Waals surface area contributed by atoms with E-state index in [-0.39, 0.29) is 22.8 Å². The Hall–Kier alpha value is -1.81. The van der Waals surface area contributed by atoms with Gasteiger partial charge in [0.15, 0.2) is 4.34 Å². The van der Waals surface area contributed by atoms with E-state index in [4.69, 9.17) is 0 Å². The van der Waals surface area contributed by atoms with E-state index in [0.29, 0.717) is 4.34 Å². The monoisotopic (exact) mass is 402 g/mol. The van der Waals surface area contributed by atoms with Crippen LogP contribution in [0.15, 0.2) is 28.6 Å². The summed E-state index contributed by atoms with van der Waals surface area (Å²) in [5.41, 5.74) is 2.08. The predicted molar refractivity (Wildman–Crippen MR) is 96.9 cm³/mol. The minimum absolute atomic E-state index is 0.0466. The van der Waals surface area contributed by atoms with E-state index in [2.05, 4.69) is 15.5 Å². The van der Waals surface area contributed by atoms with Crippen LogP contribution in [-0.2, 0) is 11.2 Å². The van der Waals surface area contributed by atoms with Crippen LogP contribution in [0.2, 0.25) is 0 Å². The van der Waals surface area contributed by atoms with Crippen molar-refractivity contribution in [3.63, 3.8) is 0 Å². The van der Waals surface area contributed by atoms with Gasteiger partial charge in [0.05, 0.1) is 5.75 Å². The first-order valence-electron chi connectivity index (χ1n) is 8.00. The van der Waals surface area contributed by atoms with Gasteiger partial charge in [0, 0.05) is 11.7 Å². The average Bonchev–Trinajstić information content (AvgIpc) is 3.05. The molecular formula is C16H17F3N4OS2. The number of alkyl halides is 3. The number of aromatic nitrogens is 2. The first-order chi connectivity index (χ1) is 12.3. The van der Waals surface area contributed by atoms with Crippen molar-refractivity contribution >= 4 is 39.8 Å². The van der Waals surface area contributed by atoms with Crippen molar-refractivity contribution in [2.24, 2.45) is 0 Å². The van der Waals surface area contributed by atoms with Gasteiger partial charge in [-0.25, -0.2) is 0 Å². The highest BCUT2D eigenvalue weighted by Crippen LogP contribution is 2.32. The normalized spacial score (nSPS) is 17.1. The molecule has 0 saturated carbocycles. The third kappa shape index (κ3) is 4.67. The number of carbonyl (C=O) groups is 1. The molecule has 0 spiro atoms. The number of nitrogens with one attached hydrogen (secondary N) is 1. The maximum absolute atomic E-state index is 12.7. The van der Waals surface area contributed by atoms with E-state index >= 15 is 0 Å². The smallest absolute Gasteiger partial charge is 0.351 e. The van der Waals surface area contributed by atoms with Gasteiger partial charge >= 0.3 is 6.18 Å². The number of carbonyl (C=O) groups excluding carboxylic acids is 1. The lowest BCUT2D eigenvalue weighted by molar-refractivity contribution is -0.117. The van der Waals surface area contributed by atoms with E-state index in [1.54, 1.807) is 4.90 Å². The summed E-state index contributed by atoms with van der Waals surface area (Å²) in [7, 11) is 0. The number of anilines is 2. The van der Waals surface area contributed by atoms with Gasteiger partial charge in [-0.15, -0.1) is 10.2 Å². The Morgan fingerprint density at radius 3 is 2.92 bits per heavy atom. The molecule has 10 heteroatoms. The largest absolute Gasteiger partial charge is 0.405 e. The zero-order chi connectivity index (χ0) is 18.7. The number of hydrogen-bond donors (Lipinski definition) is 1. The molecule has 2 aromatic rings. The predicted octanol–water partition coefficient (Wildman–Crippen LogP) is 3.97. The Kier molecular flexibility index (Phi) is 5.71. The van der Waals surface area contributed by atoms with Gasteiger partial charge < -0.3 is 10.2 Å². The summed E-state index contributed by atoms with van der Waals surface area (Å²) in [5, 5.41) is 9.78. The Morgan fingerprint density at radius 2 is 2.15 bits per heavy atom. The van der Waals surface area contributed by atoms with E-state index in [9.17, 15) is 18.0 Å². The fourth-order valence-electron chi connectivity index (χ4n) is 2.78. The highest BCUT2D eigenvalue weighted by Gasteiger charge is 2.29. The molecular weight excluding hydrogens is 385 g/mol. The van der Waals surface area contributed by atoms with Gasteiger partial charge in [0.1, 0.15) is 6.54 Å². The topological polar surface area (TPSA) is 58.1 Å². The van der Waals surface area contributed by atoms with Crippen molar-refractivity contribution < 1.29 is 18.0 Å². The zero-order valence-corrected chi connectivity index (χ0v) is 15.5. The van der Waals surface area contributed by atoms with E-state index < -0.39 is 12.7 Å². The van der Waals surface area contributed by atoms with Crippen LogP contribution in [0.25, 0.3) is 0 Å². The molecule has 0 saturated heterocycles. The number of benzene rings is 1. The molecule has 3 rings (SSSR count). The van der Waals surface area contributed by atoms with Crippen molar-refractivity contribution in [3.8, 4) is 0 Å². The molecule has 1 atom stereocenters. The van der Waals surface area contributed by atoms with Gasteiger partial charge in [0.25, 0.3) is 0 Å². The Bertz CT molecular complexity index is 781. The standard InChI is InChI=1S/C16H17F3N4OS2/c1-10-6-7-11-4-2-3-5-12(11)23(10)13(24)8-25-15-22-21-14(26-15)20-9-16(17,18)19/h2-5,10H,6-9H2,1H3,(H,20,21). The van der Waals surface area contributed by atoms with Crippen molar-refractivity contribution in [2.45, 2.75) is 36.3 Å². The highest BCUT2D eigenvalue weighted by atomic mass is 32.2. The molecule has 140 valence electrons. The molecule has 26 heavy (non-hydrogen) atoms. The second kappa shape index (κ2) is 7.83. The number of halogens is 3. The maximum atomic E-state index is 12.7. The minimum atomic E-state index is -4.31. The fraction of sp³-hybridized carbons (Fsp3) is 0.438. The Labute approximate surface area is 157 Å². The first-order valence-corrected chi connectivity index (χ1v) is 9.80. The molecule has 0 bridgehead atoms. The molecule has 1 aromatic heterocycles. The second-order valence-corrected chi connectivity index (χ2v) is 8.11. The molecule has 5 nitrogen and oxygen atoms in total. The van der Waals surface area contributed by atoms with Crippen LogP contribution in [0, 0.1) is 0 Å². The zero-order valence-electron chi connectivity index (χ0n) is 13.9. The third-order valence-electron chi connectivity index (χ3n) is 3.96. The second-order valence-electron chi connectivity index (χ2n) is 5.91. The summed E-state index contributed by atoms with van der Waals surface area (Å²) < 4.78 is 37.1. The summed E-state index contributed by atoms with van der Waals surface area (Å²) in [6.07, 6.45) is -2.47. The molecule has 1 N–H and O–H groups in total. The Morgan fingerprint density at radius 1 is 1.38 bits per heavy atom. The van der Waals surface area contributed by atoms with Crippen LogP contribution in [0.4, 0.5) is 24.0 Å². The number of fused-ring (bicyclic) bond motifs is 1. The van der Waals surface area contributed by atoms with Crippen LogP contribution >= 0.6 is 23.1 Å². The molecule has 0 aliphatic carbocycles. The molecule has 1 amide bonds. The Balaban J connectivity index is 1.60. The summed E-state index contributed by atoms with van der Waals surface area (Å²) in [6, 6.07) is 7.95. The van der Waals surface area contributed by atoms with Crippen molar-refractivity contribution in [3.05, 3.63) is 29.8 Å². The maximum Gasteiger partial charge on any atom is 0.405 e. The minimum Gasteiger partial charge on any atom is -0.351 e. The highest BCUT2D eigenvalue weighted by molar-refractivity contribution is 8.01. The number of para-hydroxylation sites is 1. The number of thioether (sulfide) groups is 1. The lowest BCUT2D eigenvalue weighted by Crippen LogP contribution is -2.43. The summed E-state index contributed by atoms with van der Waals surface area (Å²) >= 11 is 2.19. The van der Waals surface area contributed by atoms with Gasteiger partial charge in [-0.1, -0.05) is 41.3 Å². The van der Waals surface area contributed by atoms with Crippen molar-refractivity contribution in [1.29, 1.82) is 0 Å². The van der Waals surface area contributed by atoms with Gasteiger partial charge in [-0.05, 0) is 31.4 Å². The molecule has 0 fully saturated rings. The third-order valence-corrected chi connectivity index (χ3v) is 5.96. The van der Waals surface area contributed by atoms with Crippen molar-refractivity contribution in [2.75, 3.05) is 22.5 Å². The molecule has 0 radical (unpaired) electrons. The van der Waals surface area contributed by atoms with Crippen LogP contribution in [0.3, 0.4) is 0 Å². The van der Waals surface area contributed by atoms with E-state index in [0.717, 1.165) is 35.4 Å². The van der Waals surface area contributed by atoms with Crippen LogP contribution in [0.1, 0.15) is 18.9 Å². The number of hydrogen-bond acceptors (Lipinski definition) is 6. The number of amides is 1.